The summed E-state index contributed by atoms with van der Waals surface area (Å²) in [7, 11) is 2.92. The lowest BCUT2D eigenvalue weighted by atomic mass is 10.0. The molecule has 1 heterocycles. The van der Waals surface area contributed by atoms with Gasteiger partial charge in [-0.1, -0.05) is 29.4 Å². The first-order valence-electron chi connectivity index (χ1n) is 6.57. The van der Waals surface area contributed by atoms with Crippen molar-refractivity contribution >= 4 is 11.6 Å². The van der Waals surface area contributed by atoms with E-state index in [-0.39, 0.29) is 24.2 Å². The van der Waals surface area contributed by atoms with Gasteiger partial charge in [0.15, 0.2) is 5.71 Å². The third-order valence-corrected chi connectivity index (χ3v) is 2.80. The quantitative estimate of drug-likeness (QED) is 0.639. The Kier molecular flexibility index (Phi) is 5.42. The lowest BCUT2D eigenvalue weighted by Crippen LogP contribution is -2.29. The van der Waals surface area contributed by atoms with Crippen LogP contribution in [0.5, 0.6) is 6.01 Å². The van der Waals surface area contributed by atoms with Crippen molar-refractivity contribution in [3.63, 3.8) is 0 Å². The molecule has 7 heteroatoms. The van der Waals surface area contributed by atoms with Crippen molar-refractivity contribution in [1.82, 2.24) is 15.3 Å². The molecule has 2 aromatic rings. The smallest absolute Gasteiger partial charge is 0.316 e. The molecule has 114 valence electrons. The summed E-state index contributed by atoms with van der Waals surface area (Å²) in [6.07, 6.45) is 3.19. The molecule has 0 aliphatic rings. The van der Waals surface area contributed by atoms with Crippen LogP contribution in [0.1, 0.15) is 11.1 Å². The maximum absolute atomic E-state index is 11.9. The summed E-state index contributed by atoms with van der Waals surface area (Å²) < 4.78 is 5.52. The summed E-state index contributed by atoms with van der Waals surface area (Å²) in [5, 5.41) is 6.33. The van der Waals surface area contributed by atoms with E-state index in [1.807, 2.05) is 18.2 Å². The van der Waals surface area contributed by atoms with E-state index in [4.69, 9.17) is 9.57 Å². The summed E-state index contributed by atoms with van der Waals surface area (Å²) >= 11 is 0. The number of hydrogen-bond acceptors (Lipinski definition) is 6. The van der Waals surface area contributed by atoms with Crippen molar-refractivity contribution in [2.45, 2.75) is 6.61 Å². The molecule has 1 aromatic heterocycles. The SMILES string of the molecule is CNC(=O)C(=NOC)c1ccccc1COc1ncccn1. The summed E-state index contributed by atoms with van der Waals surface area (Å²) in [6, 6.07) is 9.25. The van der Waals surface area contributed by atoms with E-state index in [1.54, 1.807) is 24.5 Å². The Morgan fingerprint density at radius 1 is 1.23 bits per heavy atom. The number of amides is 1. The molecule has 0 aliphatic carbocycles. The van der Waals surface area contributed by atoms with Gasteiger partial charge in [-0.25, -0.2) is 9.97 Å². The molecule has 0 bridgehead atoms. The van der Waals surface area contributed by atoms with Crippen molar-refractivity contribution in [3.05, 3.63) is 53.9 Å². The van der Waals surface area contributed by atoms with E-state index < -0.39 is 0 Å². The van der Waals surface area contributed by atoms with E-state index >= 15 is 0 Å². The second-order valence-electron chi connectivity index (χ2n) is 4.18. The third-order valence-electron chi connectivity index (χ3n) is 2.80. The molecule has 1 aromatic carbocycles. The van der Waals surface area contributed by atoms with E-state index in [9.17, 15) is 4.79 Å². The standard InChI is InChI=1S/C15H16N4O3/c1-16-14(20)13(19-21-2)12-7-4-3-6-11(12)10-22-15-17-8-5-9-18-15/h3-9H,10H2,1-2H3,(H,16,20). The molecule has 0 saturated carbocycles. The predicted octanol–water partition coefficient (Wildman–Crippen LogP) is 1.15. The highest BCUT2D eigenvalue weighted by Crippen LogP contribution is 2.13. The number of oxime groups is 1. The number of ether oxygens (including phenoxy) is 1. The molecule has 0 saturated heterocycles. The maximum Gasteiger partial charge on any atom is 0.316 e. The third kappa shape index (κ3) is 3.78. The number of carbonyl (C=O) groups is 1. The van der Waals surface area contributed by atoms with Crippen molar-refractivity contribution in [3.8, 4) is 6.01 Å². The second kappa shape index (κ2) is 7.72. The number of nitrogens with one attached hydrogen (secondary N) is 1. The fourth-order valence-corrected chi connectivity index (χ4v) is 1.80. The number of benzene rings is 1. The summed E-state index contributed by atoms with van der Waals surface area (Å²) in [6.45, 7) is 0.208. The monoisotopic (exact) mass is 300 g/mol. The van der Waals surface area contributed by atoms with E-state index in [0.29, 0.717) is 5.56 Å². The zero-order chi connectivity index (χ0) is 15.8. The predicted molar refractivity (Wildman–Crippen MR) is 80.4 cm³/mol. The fourth-order valence-electron chi connectivity index (χ4n) is 1.80. The van der Waals surface area contributed by atoms with Gasteiger partial charge in [-0.3, -0.25) is 4.79 Å². The molecule has 1 amide bonds. The molecule has 7 nitrogen and oxygen atoms in total. The van der Waals surface area contributed by atoms with Gasteiger partial charge in [0.2, 0.25) is 0 Å². The number of aromatic nitrogens is 2. The average Bonchev–Trinajstić information content (AvgIpc) is 2.58. The zero-order valence-corrected chi connectivity index (χ0v) is 12.3. The van der Waals surface area contributed by atoms with Crippen molar-refractivity contribution in [2.75, 3.05) is 14.2 Å². The Morgan fingerprint density at radius 3 is 2.64 bits per heavy atom. The van der Waals surface area contributed by atoms with Gasteiger partial charge in [-0.05, 0) is 11.6 Å². The van der Waals surface area contributed by atoms with Gasteiger partial charge in [-0.2, -0.15) is 0 Å². The molecule has 0 spiro atoms. The molecule has 0 unspecified atom stereocenters. The van der Waals surface area contributed by atoms with Gasteiger partial charge in [-0.15, -0.1) is 0 Å². The van der Waals surface area contributed by atoms with E-state index in [0.717, 1.165) is 5.56 Å². The Hall–Kier alpha value is -2.96. The van der Waals surface area contributed by atoms with Gasteiger partial charge in [0.05, 0.1) is 0 Å². The molecule has 1 N–H and O–H groups in total. The Balaban J connectivity index is 2.26. The molecule has 0 fully saturated rings. The van der Waals surface area contributed by atoms with Crippen LogP contribution in [0.4, 0.5) is 0 Å². The van der Waals surface area contributed by atoms with Crippen molar-refractivity contribution in [1.29, 1.82) is 0 Å². The van der Waals surface area contributed by atoms with Crippen LogP contribution in [0.15, 0.2) is 47.9 Å². The maximum atomic E-state index is 11.9. The van der Waals surface area contributed by atoms with Crippen LogP contribution in [0.3, 0.4) is 0 Å². The Labute approximate surface area is 128 Å². The molecule has 2 rings (SSSR count). The highest BCUT2D eigenvalue weighted by molar-refractivity contribution is 6.45. The van der Waals surface area contributed by atoms with Crippen LogP contribution >= 0.6 is 0 Å². The Bertz CT molecular complexity index is 659. The van der Waals surface area contributed by atoms with Crippen LogP contribution in [-0.2, 0) is 16.2 Å². The summed E-state index contributed by atoms with van der Waals surface area (Å²) in [5.41, 5.74) is 1.58. The van der Waals surface area contributed by atoms with E-state index in [2.05, 4.69) is 20.4 Å². The summed E-state index contributed by atoms with van der Waals surface area (Å²) in [4.78, 5) is 24.7. The topological polar surface area (TPSA) is 85.7 Å². The second-order valence-corrected chi connectivity index (χ2v) is 4.18. The molecule has 0 radical (unpaired) electrons. The first-order chi connectivity index (χ1) is 10.8. The van der Waals surface area contributed by atoms with E-state index in [1.165, 1.54) is 14.2 Å². The highest BCUT2D eigenvalue weighted by atomic mass is 16.6. The van der Waals surface area contributed by atoms with Gasteiger partial charge < -0.3 is 14.9 Å². The molecule has 0 aliphatic heterocycles. The first-order valence-corrected chi connectivity index (χ1v) is 6.57. The molecular formula is C15H16N4O3. The number of nitrogens with zero attached hydrogens (tertiary/aromatic N) is 3. The minimum absolute atomic E-state index is 0.179. The number of carbonyl (C=O) groups excluding carboxylic acids is 1. The minimum atomic E-state index is -0.342. The fraction of sp³-hybridized carbons (Fsp3) is 0.200. The molecule has 22 heavy (non-hydrogen) atoms. The van der Waals surface area contributed by atoms with Gasteiger partial charge in [0.1, 0.15) is 13.7 Å². The number of likely N-dealkylation sites (N-methyl/N-ethyl adjacent to an activating group) is 1. The average molecular weight is 300 g/mol. The minimum Gasteiger partial charge on any atom is -0.459 e. The lowest BCUT2D eigenvalue weighted by molar-refractivity contribution is -0.114. The van der Waals surface area contributed by atoms with Gasteiger partial charge in [0.25, 0.3) is 5.91 Å². The Morgan fingerprint density at radius 2 is 1.95 bits per heavy atom. The molecular weight excluding hydrogens is 284 g/mol. The molecule has 0 atom stereocenters. The first kappa shape index (κ1) is 15.4. The summed E-state index contributed by atoms with van der Waals surface area (Å²) in [5.74, 6) is -0.342. The normalized spacial score (nSPS) is 10.9. The largest absolute Gasteiger partial charge is 0.459 e. The van der Waals surface area contributed by atoms with Crippen LogP contribution in [-0.4, -0.2) is 35.7 Å². The van der Waals surface area contributed by atoms with Crippen LogP contribution < -0.4 is 10.1 Å². The zero-order valence-electron chi connectivity index (χ0n) is 12.3. The lowest BCUT2D eigenvalue weighted by Gasteiger charge is -2.11. The van der Waals surface area contributed by atoms with Crippen molar-refractivity contribution < 1.29 is 14.4 Å². The van der Waals surface area contributed by atoms with Crippen LogP contribution in [0.25, 0.3) is 0 Å². The van der Waals surface area contributed by atoms with Crippen LogP contribution in [0, 0.1) is 0 Å². The van der Waals surface area contributed by atoms with Gasteiger partial charge >= 0.3 is 6.01 Å². The van der Waals surface area contributed by atoms with Crippen molar-refractivity contribution in [2.24, 2.45) is 5.16 Å². The number of hydrogen-bond donors (Lipinski definition) is 1. The highest BCUT2D eigenvalue weighted by Gasteiger charge is 2.17. The number of rotatable bonds is 6. The van der Waals surface area contributed by atoms with Crippen LogP contribution in [0.2, 0.25) is 0 Å². The van der Waals surface area contributed by atoms with Gasteiger partial charge in [0, 0.05) is 25.0 Å².